The van der Waals surface area contributed by atoms with Gasteiger partial charge in [-0.15, -0.1) is 0 Å². The van der Waals surface area contributed by atoms with Crippen LogP contribution in [-0.4, -0.2) is 9.13 Å². The Kier molecular flexibility index (Phi) is 8.85. The molecule has 0 aliphatic rings. The molecule has 0 aliphatic carbocycles. The van der Waals surface area contributed by atoms with E-state index in [1.807, 2.05) is 97.9 Å². The Labute approximate surface area is 361 Å². The summed E-state index contributed by atoms with van der Waals surface area (Å²) in [6, 6.07) is 61.8. The van der Waals surface area contributed by atoms with Crippen LogP contribution < -0.4 is 0 Å². The van der Waals surface area contributed by atoms with E-state index in [9.17, 15) is 31.6 Å². The van der Waals surface area contributed by atoms with Gasteiger partial charge in [-0.1, -0.05) is 66.7 Å². The van der Waals surface area contributed by atoms with Gasteiger partial charge >= 0.3 is 0 Å². The number of aromatic nitrogens is 2. The Balaban J connectivity index is 1.26. The fourth-order valence-corrected chi connectivity index (χ4v) is 9.00. The summed E-state index contributed by atoms with van der Waals surface area (Å²) in [6.45, 7) is 1.99. The maximum atomic E-state index is 11.1. The van der Waals surface area contributed by atoms with E-state index in [1.165, 1.54) is 0 Å². The van der Waals surface area contributed by atoms with Crippen LogP contribution in [0.4, 0.5) is 0 Å². The summed E-state index contributed by atoms with van der Waals surface area (Å²) >= 11 is 0. The number of hydrogen-bond donors (Lipinski definition) is 0. The molecule has 2 heterocycles. The van der Waals surface area contributed by atoms with Crippen molar-refractivity contribution < 1.29 is 0 Å². The molecule has 0 fully saturated rings. The number of para-hydroxylation sites is 2. The largest absolute Gasteiger partial charge is 0.309 e. The first kappa shape index (κ1) is 37.6. The van der Waals surface area contributed by atoms with Crippen LogP contribution in [0.2, 0.25) is 0 Å². The fourth-order valence-electron chi connectivity index (χ4n) is 9.00. The van der Waals surface area contributed by atoms with E-state index in [2.05, 4.69) is 81.9 Å². The van der Waals surface area contributed by atoms with Gasteiger partial charge in [0.25, 0.3) is 0 Å². The molecule has 0 bridgehead atoms. The van der Waals surface area contributed by atoms with Crippen molar-refractivity contribution in [2.75, 3.05) is 0 Å². The van der Waals surface area contributed by atoms with Gasteiger partial charge in [0.2, 0.25) is 0 Å². The van der Waals surface area contributed by atoms with Gasteiger partial charge in [-0.3, -0.25) is 0 Å². The Morgan fingerprint density at radius 3 is 1.25 bits per heavy atom. The van der Waals surface area contributed by atoms with Gasteiger partial charge in [0, 0.05) is 27.1 Å². The van der Waals surface area contributed by atoms with E-state index >= 15 is 0 Å². The number of nitrogens with zero attached hydrogens (tertiary/aromatic N) is 8. The smallest absolute Gasteiger partial charge is 0.101 e. The molecule has 0 saturated heterocycles. The number of rotatable bonds is 5. The lowest BCUT2D eigenvalue weighted by Gasteiger charge is -2.20. The maximum absolute atomic E-state index is 11.1. The number of aryl methyl sites for hydroxylation is 1. The summed E-state index contributed by atoms with van der Waals surface area (Å²) in [6.07, 6.45) is 0. The van der Waals surface area contributed by atoms with Crippen LogP contribution >= 0.6 is 0 Å². The minimum absolute atomic E-state index is 0.407. The molecule has 0 aliphatic heterocycles. The standard InChI is InChI=1S/C55H28N8/c1-33-20-34(27-56)10-15-42(33)49-26-54(62-50-8-4-2-6-45(50)47-23-37(13-18-52(47)62)43-16-11-35(28-57)21-39(43)30-59)41(32-61)25-55(49)63-51-9-5-3-7-46(51)48-24-38(14-19-53(48)63)44-17-12-36(29-58)22-40(44)31-60/h2-26H,1H3. The number of fused-ring (bicyclic) bond motifs is 6. The topological polar surface area (TPSA) is 153 Å². The molecule has 0 atom stereocenters. The van der Waals surface area contributed by atoms with Crippen molar-refractivity contribution in [3.05, 3.63) is 191 Å². The van der Waals surface area contributed by atoms with Crippen LogP contribution in [0.3, 0.4) is 0 Å². The molecular formula is C55H28N8. The van der Waals surface area contributed by atoms with E-state index in [-0.39, 0.29) is 0 Å². The maximum Gasteiger partial charge on any atom is 0.101 e. The number of nitriles is 6. The monoisotopic (exact) mass is 800 g/mol. The second-order valence-corrected chi connectivity index (χ2v) is 15.3. The van der Waals surface area contributed by atoms with E-state index in [4.69, 9.17) is 0 Å². The van der Waals surface area contributed by atoms with Gasteiger partial charge in [-0.05, 0) is 125 Å². The third kappa shape index (κ3) is 5.94. The van der Waals surface area contributed by atoms with Crippen molar-refractivity contribution in [1.29, 1.82) is 31.6 Å². The molecule has 8 nitrogen and oxygen atoms in total. The molecule has 8 aromatic carbocycles. The predicted molar refractivity (Wildman–Crippen MR) is 244 cm³/mol. The van der Waals surface area contributed by atoms with Crippen LogP contribution in [0.15, 0.2) is 152 Å². The lowest BCUT2D eigenvalue weighted by atomic mass is 9.94. The molecule has 10 aromatic rings. The summed E-state index contributed by atoms with van der Waals surface area (Å²) < 4.78 is 4.30. The van der Waals surface area contributed by atoms with Crippen LogP contribution in [0.1, 0.15) is 38.9 Å². The van der Waals surface area contributed by atoms with Gasteiger partial charge in [0.05, 0.1) is 97.2 Å². The first-order valence-electron chi connectivity index (χ1n) is 19.9. The van der Waals surface area contributed by atoms with Crippen molar-refractivity contribution >= 4 is 43.6 Å². The Morgan fingerprint density at radius 1 is 0.333 bits per heavy atom. The fraction of sp³-hybridized carbons (Fsp3) is 0.0182. The molecule has 0 N–H and O–H groups in total. The predicted octanol–water partition coefficient (Wildman–Crippen LogP) is 12.4. The molecule has 0 saturated carbocycles. The molecule has 288 valence electrons. The van der Waals surface area contributed by atoms with Crippen LogP contribution in [-0.2, 0) is 0 Å². The Bertz CT molecular complexity index is 3890. The molecule has 10 rings (SSSR count). The first-order chi connectivity index (χ1) is 30.9. The van der Waals surface area contributed by atoms with E-state index in [0.29, 0.717) is 39.1 Å². The van der Waals surface area contributed by atoms with Crippen molar-refractivity contribution in [1.82, 2.24) is 9.13 Å². The van der Waals surface area contributed by atoms with Crippen LogP contribution in [0.5, 0.6) is 0 Å². The Morgan fingerprint density at radius 2 is 0.778 bits per heavy atom. The van der Waals surface area contributed by atoms with Gasteiger partial charge in [0.15, 0.2) is 0 Å². The zero-order valence-electron chi connectivity index (χ0n) is 33.5. The van der Waals surface area contributed by atoms with Crippen LogP contribution in [0, 0.1) is 74.9 Å². The summed E-state index contributed by atoms with van der Waals surface area (Å²) in [5, 5.41) is 63.9. The number of benzene rings is 8. The van der Waals surface area contributed by atoms with Crippen LogP contribution in [0.25, 0.3) is 88.4 Å². The molecule has 8 heteroatoms. The van der Waals surface area contributed by atoms with E-state index in [1.54, 1.807) is 24.3 Å². The van der Waals surface area contributed by atoms with Gasteiger partial charge in [-0.25, -0.2) is 0 Å². The zero-order chi connectivity index (χ0) is 43.4. The molecular weight excluding hydrogens is 773 g/mol. The van der Waals surface area contributed by atoms with Crippen molar-refractivity contribution in [2.45, 2.75) is 6.92 Å². The van der Waals surface area contributed by atoms with Crippen molar-refractivity contribution in [3.63, 3.8) is 0 Å². The minimum atomic E-state index is 0.407. The lowest BCUT2D eigenvalue weighted by molar-refractivity contribution is 1.13. The number of hydrogen-bond acceptors (Lipinski definition) is 6. The average Bonchev–Trinajstić information content (AvgIpc) is 3.85. The first-order valence-corrected chi connectivity index (χ1v) is 19.9. The van der Waals surface area contributed by atoms with E-state index < -0.39 is 0 Å². The molecule has 2 aromatic heterocycles. The highest BCUT2D eigenvalue weighted by atomic mass is 15.0. The average molecular weight is 801 g/mol. The van der Waals surface area contributed by atoms with E-state index in [0.717, 1.165) is 88.2 Å². The highest BCUT2D eigenvalue weighted by Gasteiger charge is 2.23. The summed E-state index contributed by atoms with van der Waals surface area (Å²) in [5.41, 5.74) is 13.3. The molecule has 0 amide bonds. The summed E-state index contributed by atoms with van der Waals surface area (Å²) in [4.78, 5) is 0. The summed E-state index contributed by atoms with van der Waals surface area (Å²) in [7, 11) is 0. The van der Waals surface area contributed by atoms with Crippen molar-refractivity contribution in [3.8, 4) is 81.2 Å². The molecule has 0 spiro atoms. The molecule has 0 unspecified atom stereocenters. The molecule has 0 radical (unpaired) electrons. The summed E-state index contributed by atoms with van der Waals surface area (Å²) in [5.74, 6) is 0. The zero-order valence-corrected chi connectivity index (χ0v) is 33.5. The third-order valence-corrected chi connectivity index (χ3v) is 11.9. The van der Waals surface area contributed by atoms with Crippen molar-refractivity contribution in [2.24, 2.45) is 0 Å². The Hall–Kier alpha value is -9.70. The normalized spacial score (nSPS) is 10.8. The highest BCUT2D eigenvalue weighted by Crippen LogP contribution is 2.43. The quantitative estimate of drug-likeness (QED) is 0.169. The van der Waals surface area contributed by atoms with Gasteiger partial charge < -0.3 is 9.13 Å². The highest BCUT2D eigenvalue weighted by molar-refractivity contribution is 6.12. The molecule has 63 heavy (non-hydrogen) atoms. The lowest BCUT2D eigenvalue weighted by Crippen LogP contribution is -2.04. The van der Waals surface area contributed by atoms with Gasteiger partial charge in [-0.2, -0.15) is 31.6 Å². The second kappa shape index (κ2) is 14.8. The second-order valence-electron chi connectivity index (χ2n) is 15.3. The van der Waals surface area contributed by atoms with Gasteiger partial charge in [0.1, 0.15) is 6.07 Å². The minimum Gasteiger partial charge on any atom is -0.309 e. The SMILES string of the molecule is Cc1cc(C#N)ccc1-c1cc(-n2c3ccccc3c3cc(-c4ccc(C#N)cc4C#N)ccc32)c(C#N)cc1-n1c2ccccc2c2cc(-c3ccc(C#N)cc3C#N)ccc21. The third-order valence-electron chi connectivity index (χ3n) is 11.9.